The Labute approximate surface area is 99.1 Å². The van der Waals surface area contributed by atoms with Crippen LogP contribution in [-0.4, -0.2) is 5.11 Å². The summed E-state index contributed by atoms with van der Waals surface area (Å²) < 4.78 is 5.01. The van der Waals surface area contributed by atoms with Crippen LogP contribution in [0.2, 0.25) is 0 Å². The van der Waals surface area contributed by atoms with Gasteiger partial charge in [-0.05, 0) is 22.4 Å². The minimum absolute atomic E-state index is 0.639. The Morgan fingerprint density at radius 1 is 0.941 bits per heavy atom. The third-order valence-electron chi connectivity index (χ3n) is 2.98. The van der Waals surface area contributed by atoms with Crippen molar-refractivity contribution in [3.05, 3.63) is 72.2 Å². The van der Waals surface area contributed by atoms with Crippen LogP contribution in [0, 0.1) is 0 Å². The average molecular weight is 224 g/mol. The summed E-state index contributed by atoms with van der Waals surface area (Å²) in [7, 11) is 0. The predicted molar refractivity (Wildman–Crippen MR) is 66.7 cm³/mol. The number of fused-ring (bicyclic) bond motifs is 1. The highest BCUT2D eigenvalue weighted by molar-refractivity contribution is 5.86. The molecule has 1 aromatic heterocycles. The molecule has 0 aliphatic rings. The maximum Gasteiger partial charge on any atom is 0.108 e. The second-order valence-corrected chi connectivity index (χ2v) is 4.03. The molecule has 0 radical (unpaired) electrons. The van der Waals surface area contributed by atoms with Crippen molar-refractivity contribution in [2.45, 2.75) is 6.10 Å². The summed E-state index contributed by atoms with van der Waals surface area (Å²) in [6, 6.07) is 15.8. The van der Waals surface area contributed by atoms with Gasteiger partial charge in [0.05, 0.1) is 12.5 Å². The van der Waals surface area contributed by atoms with E-state index in [1.807, 2.05) is 42.5 Å². The van der Waals surface area contributed by atoms with E-state index >= 15 is 0 Å². The first-order valence-electron chi connectivity index (χ1n) is 5.54. The van der Waals surface area contributed by atoms with Crippen molar-refractivity contribution in [2.24, 2.45) is 0 Å². The molecule has 2 aromatic carbocycles. The summed E-state index contributed by atoms with van der Waals surface area (Å²) in [6.07, 6.45) is 2.51. The highest BCUT2D eigenvalue weighted by Gasteiger charge is 2.13. The molecule has 3 aromatic rings. The van der Waals surface area contributed by atoms with Crippen molar-refractivity contribution in [3.63, 3.8) is 0 Å². The van der Waals surface area contributed by atoms with Crippen LogP contribution in [0.1, 0.15) is 17.2 Å². The van der Waals surface area contributed by atoms with Crippen molar-refractivity contribution in [2.75, 3.05) is 0 Å². The van der Waals surface area contributed by atoms with E-state index in [9.17, 15) is 5.11 Å². The lowest BCUT2D eigenvalue weighted by Crippen LogP contribution is -1.98. The number of rotatable bonds is 2. The number of hydrogen-bond donors (Lipinski definition) is 1. The maximum atomic E-state index is 10.3. The van der Waals surface area contributed by atoms with E-state index < -0.39 is 6.10 Å². The van der Waals surface area contributed by atoms with E-state index in [2.05, 4.69) is 0 Å². The Balaban J connectivity index is 2.17. The van der Waals surface area contributed by atoms with Crippen molar-refractivity contribution >= 4 is 10.8 Å². The second kappa shape index (κ2) is 4.07. The topological polar surface area (TPSA) is 33.4 Å². The molecule has 3 rings (SSSR count). The van der Waals surface area contributed by atoms with E-state index in [4.69, 9.17) is 4.42 Å². The van der Waals surface area contributed by atoms with Gasteiger partial charge in [-0.25, -0.2) is 0 Å². The third kappa shape index (κ3) is 1.73. The van der Waals surface area contributed by atoms with Gasteiger partial charge in [-0.2, -0.15) is 0 Å². The molecule has 1 N–H and O–H groups in total. The fourth-order valence-electron chi connectivity index (χ4n) is 2.10. The number of furan rings is 1. The molecular formula is C15H12O2. The van der Waals surface area contributed by atoms with Gasteiger partial charge in [0.1, 0.15) is 6.10 Å². The highest BCUT2D eigenvalue weighted by Crippen LogP contribution is 2.28. The van der Waals surface area contributed by atoms with E-state index in [1.165, 1.54) is 0 Å². The molecule has 0 aliphatic heterocycles. The van der Waals surface area contributed by atoms with Crippen LogP contribution in [0.15, 0.2) is 65.5 Å². The Morgan fingerprint density at radius 2 is 1.76 bits per heavy atom. The zero-order chi connectivity index (χ0) is 11.7. The van der Waals surface area contributed by atoms with Crippen LogP contribution in [0.5, 0.6) is 0 Å². The van der Waals surface area contributed by atoms with Gasteiger partial charge in [0.2, 0.25) is 0 Å². The van der Waals surface area contributed by atoms with Gasteiger partial charge >= 0.3 is 0 Å². The molecule has 1 atom stereocenters. The summed E-state index contributed by atoms with van der Waals surface area (Å²) in [5, 5.41) is 12.5. The SMILES string of the molecule is OC(c1ccoc1)c1cccc2ccccc12. The largest absolute Gasteiger partial charge is 0.472 e. The van der Waals surface area contributed by atoms with Crippen molar-refractivity contribution in [3.8, 4) is 0 Å². The Bertz CT molecular complexity index is 621. The van der Waals surface area contributed by atoms with E-state index in [0.717, 1.165) is 21.9 Å². The van der Waals surface area contributed by atoms with Gasteiger partial charge in [-0.1, -0.05) is 42.5 Å². The van der Waals surface area contributed by atoms with E-state index in [0.29, 0.717) is 0 Å². The van der Waals surface area contributed by atoms with Gasteiger partial charge in [-0.15, -0.1) is 0 Å². The summed E-state index contributed by atoms with van der Waals surface area (Å²) in [4.78, 5) is 0. The lowest BCUT2D eigenvalue weighted by molar-refractivity contribution is 0.221. The number of aliphatic hydroxyl groups is 1. The zero-order valence-corrected chi connectivity index (χ0v) is 9.21. The van der Waals surface area contributed by atoms with Gasteiger partial charge in [-0.3, -0.25) is 0 Å². The van der Waals surface area contributed by atoms with Crippen LogP contribution in [-0.2, 0) is 0 Å². The molecule has 0 bridgehead atoms. The van der Waals surface area contributed by atoms with Gasteiger partial charge < -0.3 is 9.52 Å². The second-order valence-electron chi connectivity index (χ2n) is 4.03. The average Bonchev–Trinajstić information content (AvgIpc) is 2.91. The molecule has 0 amide bonds. The Kier molecular flexibility index (Phi) is 2.42. The molecule has 84 valence electrons. The molecular weight excluding hydrogens is 212 g/mol. The van der Waals surface area contributed by atoms with Crippen LogP contribution in [0.25, 0.3) is 10.8 Å². The van der Waals surface area contributed by atoms with Crippen LogP contribution in [0.3, 0.4) is 0 Å². The molecule has 0 aliphatic carbocycles. The van der Waals surface area contributed by atoms with Crippen LogP contribution < -0.4 is 0 Å². The first kappa shape index (κ1) is 10.1. The van der Waals surface area contributed by atoms with Crippen LogP contribution in [0.4, 0.5) is 0 Å². The predicted octanol–water partition coefficient (Wildman–Crippen LogP) is 3.51. The molecule has 1 heterocycles. The number of aliphatic hydroxyl groups excluding tert-OH is 1. The standard InChI is InChI=1S/C15H12O2/c16-15(12-8-9-17-10-12)14-7-3-5-11-4-1-2-6-13(11)14/h1-10,15-16H. The minimum atomic E-state index is -0.639. The van der Waals surface area contributed by atoms with Crippen molar-refractivity contribution in [1.29, 1.82) is 0 Å². The third-order valence-corrected chi connectivity index (χ3v) is 2.98. The van der Waals surface area contributed by atoms with Crippen LogP contribution >= 0.6 is 0 Å². The molecule has 1 unspecified atom stereocenters. The fourth-order valence-corrected chi connectivity index (χ4v) is 2.10. The molecule has 2 heteroatoms. The monoisotopic (exact) mass is 224 g/mol. The van der Waals surface area contributed by atoms with Gasteiger partial charge in [0.25, 0.3) is 0 Å². The normalized spacial score (nSPS) is 12.8. The summed E-state index contributed by atoms with van der Waals surface area (Å²) in [5.74, 6) is 0. The summed E-state index contributed by atoms with van der Waals surface area (Å²) >= 11 is 0. The number of hydrogen-bond acceptors (Lipinski definition) is 2. The maximum absolute atomic E-state index is 10.3. The molecule has 17 heavy (non-hydrogen) atoms. The fraction of sp³-hybridized carbons (Fsp3) is 0.0667. The van der Waals surface area contributed by atoms with Gasteiger partial charge in [0.15, 0.2) is 0 Å². The lowest BCUT2D eigenvalue weighted by atomic mass is 9.97. The molecule has 0 saturated heterocycles. The highest BCUT2D eigenvalue weighted by atomic mass is 16.3. The first-order chi connectivity index (χ1) is 8.36. The minimum Gasteiger partial charge on any atom is -0.472 e. The first-order valence-corrected chi connectivity index (χ1v) is 5.54. The summed E-state index contributed by atoms with van der Waals surface area (Å²) in [6.45, 7) is 0. The van der Waals surface area contributed by atoms with Crippen molar-refractivity contribution < 1.29 is 9.52 Å². The summed E-state index contributed by atoms with van der Waals surface area (Å²) in [5.41, 5.74) is 1.69. The van der Waals surface area contributed by atoms with Crippen molar-refractivity contribution in [1.82, 2.24) is 0 Å². The quantitative estimate of drug-likeness (QED) is 0.722. The molecule has 2 nitrogen and oxygen atoms in total. The smallest absolute Gasteiger partial charge is 0.108 e. The van der Waals surface area contributed by atoms with E-state index in [-0.39, 0.29) is 0 Å². The Hall–Kier alpha value is -2.06. The lowest BCUT2D eigenvalue weighted by Gasteiger charge is -2.11. The molecule has 0 fully saturated rings. The molecule has 0 spiro atoms. The Morgan fingerprint density at radius 3 is 2.59 bits per heavy atom. The number of benzene rings is 2. The molecule has 0 saturated carbocycles. The van der Waals surface area contributed by atoms with Gasteiger partial charge in [0, 0.05) is 5.56 Å². The zero-order valence-electron chi connectivity index (χ0n) is 9.21. The van der Waals surface area contributed by atoms with E-state index in [1.54, 1.807) is 18.6 Å².